The zero-order valence-corrected chi connectivity index (χ0v) is 23.6. The van der Waals surface area contributed by atoms with Crippen LogP contribution in [-0.2, 0) is 22.4 Å². The molecule has 0 amide bonds. The Morgan fingerprint density at radius 3 is 2.61 bits per heavy atom. The van der Waals surface area contributed by atoms with Crippen LogP contribution in [0.5, 0.6) is 11.5 Å². The molecule has 2 unspecified atom stereocenters. The van der Waals surface area contributed by atoms with Gasteiger partial charge in [0.25, 0.3) is 0 Å². The lowest BCUT2D eigenvalue weighted by molar-refractivity contribution is -0.148. The minimum Gasteiger partial charge on any atom is -0.497 e. The van der Waals surface area contributed by atoms with E-state index in [1.807, 2.05) is 18.2 Å². The Kier molecular flexibility index (Phi) is 12.9. The largest absolute Gasteiger partial charge is 0.497 e. The van der Waals surface area contributed by atoms with Gasteiger partial charge in [0.1, 0.15) is 23.4 Å². The summed E-state index contributed by atoms with van der Waals surface area (Å²) in [7, 11) is 3.73. The lowest BCUT2D eigenvalue weighted by atomic mass is 10.0. The molecular formula is C32H46FNO4. The second-order valence-corrected chi connectivity index (χ2v) is 10.6. The van der Waals surface area contributed by atoms with Crippen molar-refractivity contribution >= 4 is 5.97 Å². The molecule has 210 valence electrons. The molecule has 0 spiro atoms. The molecule has 1 fully saturated rings. The van der Waals surface area contributed by atoms with Gasteiger partial charge in [-0.2, -0.15) is 0 Å². The summed E-state index contributed by atoms with van der Waals surface area (Å²) < 4.78 is 31.2. The second-order valence-electron chi connectivity index (χ2n) is 10.6. The molecule has 6 heteroatoms. The van der Waals surface area contributed by atoms with Crippen LogP contribution in [0.3, 0.4) is 0 Å². The molecule has 38 heavy (non-hydrogen) atoms. The summed E-state index contributed by atoms with van der Waals surface area (Å²) in [5, 5.41) is 0. The number of unbranched alkanes of at least 4 members (excludes halogenated alkanes) is 6. The number of esters is 1. The molecule has 1 heterocycles. The van der Waals surface area contributed by atoms with Crippen molar-refractivity contribution in [1.82, 2.24) is 4.90 Å². The molecule has 0 saturated carbocycles. The van der Waals surface area contributed by atoms with Crippen LogP contribution >= 0.6 is 0 Å². The number of methoxy groups -OCH3 is 1. The second kappa shape index (κ2) is 16.4. The van der Waals surface area contributed by atoms with Gasteiger partial charge < -0.3 is 14.2 Å². The number of hydrogen-bond donors (Lipinski definition) is 0. The number of nitrogens with zero attached hydrogens (tertiary/aromatic N) is 1. The maximum Gasteiger partial charge on any atom is 0.306 e. The van der Waals surface area contributed by atoms with Gasteiger partial charge in [0.05, 0.1) is 13.7 Å². The first kappa shape index (κ1) is 29.9. The Bertz CT molecular complexity index is 982. The van der Waals surface area contributed by atoms with Crippen LogP contribution in [0.1, 0.15) is 82.3 Å². The fourth-order valence-electron chi connectivity index (χ4n) is 5.22. The van der Waals surface area contributed by atoms with Crippen LogP contribution in [0.2, 0.25) is 0 Å². The van der Waals surface area contributed by atoms with Gasteiger partial charge in [-0.1, -0.05) is 57.6 Å². The molecule has 0 aromatic heterocycles. The average molecular weight is 528 g/mol. The van der Waals surface area contributed by atoms with Gasteiger partial charge in [-0.25, -0.2) is 4.39 Å². The molecular weight excluding hydrogens is 481 g/mol. The third-order valence-electron chi connectivity index (χ3n) is 7.48. The van der Waals surface area contributed by atoms with E-state index in [9.17, 15) is 9.18 Å². The van der Waals surface area contributed by atoms with E-state index in [1.165, 1.54) is 38.2 Å². The third kappa shape index (κ3) is 10.3. The summed E-state index contributed by atoms with van der Waals surface area (Å²) in [5.74, 6) is 1.23. The third-order valence-corrected chi connectivity index (χ3v) is 7.48. The summed E-state index contributed by atoms with van der Waals surface area (Å²) in [6, 6.07) is 13.0. The summed E-state index contributed by atoms with van der Waals surface area (Å²) in [6.45, 7) is 3.52. The molecule has 1 saturated heterocycles. The van der Waals surface area contributed by atoms with E-state index in [0.717, 1.165) is 61.3 Å². The number of carbonyl (C=O) groups excluding carboxylic acids is 1. The number of likely N-dealkylation sites (tertiary alicyclic amines) is 1. The van der Waals surface area contributed by atoms with Gasteiger partial charge in [-0.05, 0) is 74.2 Å². The van der Waals surface area contributed by atoms with Crippen molar-refractivity contribution in [2.24, 2.45) is 0 Å². The van der Waals surface area contributed by atoms with Crippen molar-refractivity contribution in [3.05, 3.63) is 59.4 Å². The molecule has 1 aliphatic rings. The van der Waals surface area contributed by atoms with Crippen molar-refractivity contribution in [3.8, 4) is 11.5 Å². The minimum absolute atomic E-state index is 0.0497. The SMILES string of the molecule is CCCCCCCCCC(=O)OC1CC(CCOc2ccc(F)cc2CCc2cccc(OC)c2)N(C)C1. The van der Waals surface area contributed by atoms with Crippen molar-refractivity contribution in [3.63, 3.8) is 0 Å². The van der Waals surface area contributed by atoms with Gasteiger partial charge in [0, 0.05) is 25.4 Å². The van der Waals surface area contributed by atoms with E-state index in [4.69, 9.17) is 14.2 Å². The molecule has 0 aliphatic carbocycles. The molecule has 2 atom stereocenters. The molecule has 2 aromatic rings. The Hall–Kier alpha value is -2.60. The summed E-state index contributed by atoms with van der Waals surface area (Å²) >= 11 is 0. The molecule has 0 N–H and O–H groups in total. The summed E-state index contributed by atoms with van der Waals surface area (Å²) in [5.41, 5.74) is 2.00. The molecule has 0 radical (unpaired) electrons. The van der Waals surface area contributed by atoms with Crippen LogP contribution in [-0.4, -0.2) is 50.3 Å². The fraction of sp³-hybridized carbons (Fsp3) is 0.594. The van der Waals surface area contributed by atoms with Crippen LogP contribution in [0.15, 0.2) is 42.5 Å². The quantitative estimate of drug-likeness (QED) is 0.162. The Balaban J connectivity index is 1.39. The highest BCUT2D eigenvalue weighted by Gasteiger charge is 2.31. The Morgan fingerprint density at radius 2 is 1.82 bits per heavy atom. The van der Waals surface area contributed by atoms with Crippen molar-refractivity contribution in [1.29, 1.82) is 0 Å². The zero-order valence-electron chi connectivity index (χ0n) is 23.6. The predicted octanol–water partition coefficient (Wildman–Crippen LogP) is 7.15. The fourth-order valence-corrected chi connectivity index (χ4v) is 5.22. The van der Waals surface area contributed by atoms with Crippen molar-refractivity contribution < 1.29 is 23.4 Å². The van der Waals surface area contributed by atoms with Gasteiger partial charge in [0.15, 0.2) is 0 Å². The number of hydrogen-bond acceptors (Lipinski definition) is 5. The van der Waals surface area contributed by atoms with Crippen LogP contribution < -0.4 is 9.47 Å². The molecule has 3 rings (SSSR count). The number of aryl methyl sites for hydroxylation is 2. The molecule has 1 aliphatic heterocycles. The van der Waals surface area contributed by atoms with Crippen LogP contribution in [0.4, 0.5) is 4.39 Å². The maximum absolute atomic E-state index is 14.0. The van der Waals surface area contributed by atoms with E-state index in [1.54, 1.807) is 19.2 Å². The predicted molar refractivity (Wildman–Crippen MR) is 150 cm³/mol. The molecule has 2 aromatic carbocycles. The Labute approximate surface area is 228 Å². The number of rotatable bonds is 17. The molecule has 5 nitrogen and oxygen atoms in total. The number of ether oxygens (including phenoxy) is 3. The normalized spacial score (nSPS) is 17.5. The van der Waals surface area contributed by atoms with Crippen LogP contribution in [0.25, 0.3) is 0 Å². The zero-order chi connectivity index (χ0) is 27.2. The van der Waals surface area contributed by atoms with E-state index < -0.39 is 0 Å². The number of likely N-dealkylation sites (N-methyl/N-ethyl adjacent to an activating group) is 1. The van der Waals surface area contributed by atoms with Crippen molar-refractivity contribution in [2.75, 3.05) is 27.3 Å². The minimum atomic E-state index is -0.255. The Morgan fingerprint density at radius 1 is 1.03 bits per heavy atom. The van der Waals surface area contributed by atoms with E-state index >= 15 is 0 Å². The lowest BCUT2D eigenvalue weighted by Crippen LogP contribution is -2.27. The van der Waals surface area contributed by atoms with Gasteiger partial charge >= 0.3 is 5.97 Å². The van der Waals surface area contributed by atoms with Crippen LogP contribution in [0, 0.1) is 5.82 Å². The first-order valence-corrected chi connectivity index (χ1v) is 14.4. The summed E-state index contributed by atoms with van der Waals surface area (Å²) in [4.78, 5) is 14.6. The van der Waals surface area contributed by atoms with Crippen molar-refractivity contribution in [2.45, 2.75) is 96.1 Å². The first-order valence-electron chi connectivity index (χ1n) is 14.4. The highest BCUT2D eigenvalue weighted by atomic mass is 19.1. The lowest BCUT2D eigenvalue weighted by Gasteiger charge is -2.19. The van der Waals surface area contributed by atoms with Gasteiger partial charge in [-0.15, -0.1) is 0 Å². The van der Waals surface area contributed by atoms with E-state index in [2.05, 4.69) is 24.9 Å². The summed E-state index contributed by atoms with van der Waals surface area (Å²) in [6.07, 6.45) is 11.9. The topological polar surface area (TPSA) is 48.0 Å². The number of carbonyl (C=O) groups is 1. The highest BCUT2D eigenvalue weighted by Crippen LogP contribution is 2.25. The maximum atomic E-state index is 14.0. The average Bonchev–Trinajstić information content (AvgIpc) is 3.26. The smallest absolute Gasteiger partial charge is 0.306 e. The monoisotopic (exact) mass is 527 g/mol. The standard InChI is InChI=1S/C32H46FNO4/c1-4-5-6-7-8-9-10-14-32(35)38-30-23-28(34(2)24-30)19-20-37-31-18-17-27(33)22-26(31)16-15-25-12-11-13-29(21-25)36-3/h11-13,17-18,21-22,28,30H,4-10,14-16,19-20,23-24H2,1-3H3. The molecule has 0 bridgehead atoms. The van der Waals surface area contributed by atoms with Gasteiger partial charge in [-0.3, -0.25) is 9.69 Å². The highest BCUT2D eigenvalue weighted by molar-refractivity contribution is 5.69. The first-order chi connectivity index (χ1) is 18.5. The van der Waals surface area contributed by atoms with E-state index in [0.29, 0.717) is 25.5 Å². The van der Waals surface area contributed by atoms with Gasteiger partial charge in [0.2, 0.25) is 0 Å². The number of benzene rings is 2. The van der Waals surface area contributed by atoms with E-state index in [-0.39, 0.29) is 17.9 Å². The number of halogens is 1.